The predicted molar refractivity (Wildman–Crippen MR) is 85.2 cm³/mol. The summed E-state index contributed by atoms with van der Waals surface area (Å²) in [5, 5.41) is 5.47. The average Bonchev–Trinajstić information content (AvgIpc) is 3.38. The van der Waals surface area contributed by atoms with E-state index < -0.39 is 0 Å². The van der Waals surface area contributed by atoms with E-state index in [4.69, 9.17) is 0 Å². The van der Waals surface area contributed by atoms with Crippen LogP contribution in [0.3, 0.4) is 0 Å². The van der Waals surface area contributed by atoms with Crippen LogP contribution in [0.1, 0.15) is 45.1 Å². The molecule has 0 aliphatic heterocycles. The van der Waals surface area contributed by atoms with Crippen molar-refractivity contribution in [1.82, 2.24) is 20.6 Å². The topological polar surface area (TPSA) is 84.0 Å². The molecule has 3 rings (SSSR count). The van der Waals surface area contributed by atoms with Gasteiger partial charge in [0.05, 0.1) is 0 Å². The largest absolute Gasteiger partial charge is 0.354 e. The number of amides is 2. The molecule has 1 aliphatic carbocycles. The van der Waals surface area contributed by atoms with Gasteiger partial charge >= 0.3 is 0 Å². The van der Waals surface area contributed by atoms with Gasteiger partial charge < -0.3 is 10.6 Å². The molecular weight excluding hydrogens is 292 g/mol. The van der Waals surface area contributed by atoms with E-state index in [1.165, 1.54) is 6.07 Å². The van der Waals surface area contributed by atoms with Gasteiger partial charge in [0.15, 0.2) is 0 Å². The summed E-state index contributed by atoms with van der Waals surface area (Å²) in [6.45, 7) is 0. The lowest BCUT2D eigenvalue weighted by molar-refractivity contribution is 0.0951. The molecule has 6 heteroatoms. The molecule has 0 aromatic carbocycles. The van der Waals surface area contributed by atoms with Gasteiger partial charge in [0, 0.05) is 42.7 Å². The van der Waals surface area contributed by atoms with E-state index >= 15 is 0 Å². The summed E-state index contributed by atoms with van der Waals surface area (Å²) in [7, 11) is 1.54. The molecule has 0 unspecified atom stereocenters. The Morgan fingerprint density at radius 2 is 2.00 bits per heavy atom. The lowest BCUT2D eigenvalue weighted by Gasteiger charge is -2.09. The molecule has 0 bridgehead atoms. The molecule has 0 spiro atoms. The highest BCUT2D eigenvalue weighted by atomic mass is 16.2. The number of hydrogen-bond donors (Lipinski definition) is 2. The van der Waals surface area contributed by atoms with Crippen molar-refractivity contribution in [2.45, 2.75) is 25.3 Å². The van der Waals surface area contributed by atoms with Gasteiger partial charge in [-0.3, -0.25) is 14.6 Å². The van der Waals surface area contributed by atoms with Gasteiger partial charge in [-0.2, -0.15) is 0 Å². The Morgan fingerprint density at radius 1 is 1.17 bits per heavy atom. The van der Waals surface area contributed by atoms with Crippen LogP contribution in [0.15, 0.2) is 36.5 Å². The summed E-state index contributed by atoms with van der Waals surface area (Å²) in [5.41, 5.74) is 2.17. The van der Waals surface area contributed by atoms with E-state index in [9.17, 15) is 9.59 Å². The third kappa shape index (κ3) is 3.91. The lowest BCUT2D eigenvalue weighted by Crippen LogP contribution is -2.27. The molecule has 0 atom stereocenters. The Kier molecular flexibility index (Phi) is 4.32. The molecular formula is C17H18N4O2. The first-order valence-electron chi connectivity index (χ1n) is 7.59. The van der Waals surface area contributed by atoms with Gasteiger partial charge in [-0.1, -0.05) is 6.07 Å². The van der Waals surface area contributed by atoms with Crippen LogP contribution in [-0.2, 0) is 6.42 Å². The number of aromatic nitrogens is 2. The highest BCUT2D eigenvalue weighted by molar-refractivity contribution is 5.98. The van der Waals surface area contributed by atoms with E-state index in [1.807, 2.05) is 18.2 Å². The summed E-state index contributed by atoms with van der Waals surface area (Å²) in [5.74, 6) is -0.476. The first-order chi connectivity index (χ1) is 11.2. The molecule has 1 aliphatic rings. The van der Waals surface area contributed by atoms with E-state index in [0.29, 0.717) is 17.7 Å². The van der Waals surface area contributed by atoms with Crippen molar-refractivity contribution < 1.29 is 9.59 Å². The Bertz CT molecular complexity index is 727. The van der Waals surface area contributed by atoms with Crippen LogP contribution in [0.2, 0.25) is 0 Å². The maximum Gasteiger partial charge on any atom is 0.269 e. The number of carbonyl (C=O) groups is 2. The third-order valence-corrected chi connectivity index (χ3v) is 3.60. The molecule has 2 aromatic heterocycles. The quantitative estimate of drug-likeness (QED) is 0.872. The van der Waals surface area contributed by atoms with Gasteiger partial charge in [-0.05, 0) is 37.1 Å². The van der Waals surface area contributed by atoms with Gasteiger partial charge in [-0.15, -0.1) is 0 Å². The van der Waals surface area contributed by atoms with Crippen LogP contribution in [-0.4, -0.2) is 34.9 Å². The molecule has 1 fully saturated rings. The van der Waals surface area contributed by atoms with E-state index in [-0.39, 0.29) is 23.6 Å². The smallest absolute Gasteiger partial charge is 0.269 e. The molecule has 6 nitrogen and oxygen atoms in total. The zero-order chi connectivity index (χ0) is 16.2. The minimum absolute atomic E-state index is 0.165. The van der Waals surface area contributed by atoms with Crippen molar-refractivity contribution in [1.29, 1.82) is 0 Å². The van der Waals surface area contributed by atoms with Gasteiger partial charge in [-0.25, -0.2) is 4.98 Å². The van der Waals surface area contributed by atoms with E-state index in [1.54, 1.807) is 19.3 Å². The molecule has 2 amide bonds. The molecule has 118 valence electrons. The Hall–Kier alpha value is -2.76. The zero-order valence-corrected chi connectivity index (χ0v) is 12.9. The summed E-state index contributed by atoms with van der Waals surface area (Å²) in [6, 6.07) is 9.13. The molecule has 0 saturated heterocycles. The first kappa shape index (κ1) is 15.1. The van der Waals surface area contributed by atoms with Crippen LogP contribution in [0.5, 0.6) is 0 Å². The Labute approximate surface area is 134 Å². The summed E-state index contributed by atoms with van der Waals surface area (Å²) >= 11 is 0. The number of nitrogens with one attached hydrogen (secondary N) is 2. The maximum atomic E-state index is 12.3. The fraction of sp³-hybridized carbons (Fsp3) is 0.294. The van der Waals surface area contributed by atoms with E-state index in [0.717, 1.165) is 18.5 Å². The van der Waals surface area contributed by atoms with Crippen molar-refractivity contribution in [2.24, 2.45) is 0 Å². The molecule has 2 heterocycles. The second-order valence-corrected chi connectivity index (χ2v) is 5.56. The lowest BCUT2D eigenvalue weighted by atomic mass is 10.1. The summed E-state index contributed by atoms with van der Waals surface area (Å²) in [6.07, 6.45) is 4.20. The second-order valence-electron chi connectivity index (χ2n) is 5.56. The van der Waals surface area contributed by atoms with Crippen molar-refractivity contribution in [3.63, 3.8) is 0 Å². The minimum atomic E-state index is -0.312. The minimum Gasteiger partial charge on any atom is -0.354 e. The number of carbonyl (C=O) groups excluding carboxylic acids is 2. The SMILES string of the molecule is CNC(=O)c1cc(C(=O)NC2CC2)cc(Cc2ccccn2)n1. The highest BCUT2D eigenvalue weighted by Gasteiger charge is 2.24. The zero-order valence-electron chi connectivity index (χ0n) is 12.9. The van der Waals surface area contributed by atoms with Crippen molar-refractivity contribution in [3.8, 4) is 0 Å². The van der Waals surface area contributed by atoms with Gasteiger partial charge in [0.1, 0.15) is 5.69 Å². The number of pyridine rings is 2. The van der Waals surface area contributed by atoms with Crippen LogP contribution < -0.4 is 10.6 Å². The Balaban J connectivity index is 1.90. The fourth-order valence-electron chi connectivity index (χ4n) is 2.24. The predicted octanol–water partition coefficient (Wildman–Crippen LogP) is 1.32. The first-order valence-corrected chi connectivity index (χ1v) is 7.59. The normalized spacial score (nSPS) is 13.4. The van der Waals surface area contributed by atoms with Crippen molar-refractivity contribution in [2.75, 3.05) is 7.05 Å². The van der Waals surface area contributed by atoms with Crippen LogP contribution >= 0.6 is 0 Å². The highest BCUT2D eigenvalue weighted by Crippen LogP contribution is 2.20. The van der Waals surface area contributed by atoms with E-state index in [2.05, 4.69) is 20.6 Å². The second kappa shape index (κ2) is 6.56. The van der Waals surface area contributed by atoms with Gasteiger partial charge in [0.2, 0.25) is 0 Å². The number of rotatable bonds is 5. The van der Waals surface area contributed by atoms with Crippen LogP contribution in [0.4, 0.5) is 0 Å². The third-order valence-electron chi connectivity index (χ3n) is 3.60. The summed E-state index contributed by atoms with van der Waals surface area (Å²) < 4.78 is 0. The molecule has 2 aromatic rings. The Morgan fingerprint density at radius 3 is 2.65 bits per heavy atom. The molecule has 1 saturated carbocycles. The average molecular weight is 310 g/mol. The number of nitrogens with zero attached hydrogens (tertiary/aromatic N) is 2. The van der Waals surface area contributed by atoms with Gasteiger partial charge in [0.25, 0.3) is 11.8 Å². The van der Waals surface area contributed by atoms with Crippen molar-refractivity contribution in [3.05, 3.63) is 59.2 Å². The summed E-state index contributed by atoms with van der Waals surface area (Å²) in [4.78, 5) is 32.8. The fourth-order valence-corrected chi connectivity index (χ4v) is 2.24. The standard InChI is InChI=1S/C17H18N4O2/c1-18-17(23)15-9-11(16(22)21-12-5-6-12)8-14(20-15)10-13-4-2-3-7-19-13/h2-4,7-9,12H,5-6,10H2,1H3,(H,18,23)(H,21,22). The monoisotopic (exact) mass is 310 g/mol. The molecule has 23 heavy (non-hydrogen) atoms. The van der Waals surface area contributed by atoms with Crippen molar-refractivity contribution >= 4 is 11.8 Å². The maximum absolute atomic E-state index is 12.3. The number of hydrogen-bond acceptors (Lipinski definition) is 4. The van der Waals surface area contributed by atoms with Crippen LogP contribution in [0, 0.1) is 0 Å². The molecule has 0 radical (unpaired) electrons. The molecule has 2 N–H and O–H groups in total. The van der Waals surface area contributed by atoms with Crippen LogP contribution in [0.25, 0.3) is 0 Å².